The fourth-order valence-electron chi connectivity index (χ4n) is 6.04. The summed E-state index contributed by atoms with van der Waals surface area (Å²) >= 11 is 0. The second-order valence-corrected chi connectivity index (χ2v) is 11.1. The summed E-state index contributed by atoms with van der Waals surface area (Å²) in [5.41, 5.74) is 3.71. The minimum absolute atomic E-state index is 0.0481. The second-order valence-electron chi connectivity index (χ2n) is 11.1. The van der Waals surface area contributed by atoms with E-state index in [1.54, 1.807) is 31.2 Å². The number of ether oxygens (including phenoxy) is 2. The molecule has 0 atom stereocenters. The first-order valence-corrected chi connectivity index (χ1v) is 14.5. The highest BCUT2D eigenvalue weighted by Crippen LogP contribution is 2.36. The number of nitrogens with zero attached hydrogens (tertiary/aromatic N) is 4. The standard InChI is InChI=1S/C32H36FN5O4/c1-20-17-25(29(33)30(34-20)24-5-3-4-6-28(24)41-2)31(40)36-32-35-26-18-21(19-37-13-15-42-16-14-37)7-12-27(26)38(32)22-8-10-23(39)11-9-22/h3-7,12,17-18,22-23,39H,8-11,13-16,19H2,1-2H3,(H,35,36,40). The third kappa shape index (κ3) is 5.74. The van der Waals surface area contributed by atoms with Crippen LogP contribution in [-0.2, 0) is 11.3 Å². The molecule has 2 fully saturated rings. The van der Waals surface area contributed by atoms with E-state index in [4.69, 9.17) is 14.5 Å². The van der Waals surface area contributed by atoms with Gasteiger partial charge in [-0.05, 0) is 68.5 Å². The zero-order valence-electron chi connectivity index (χ0n) is 24.0. The van der Waals surface area contributed by atoms with E-state index in [0.717, 1.165) is 62.3 Å². The Morgan fingerprint density at radius 2 is 1.86 bits per heavy atom. The number of halogens is 1. The van der Waals surface area contributed by atoms with Crippen LogP contribution in [0.5, 0.6) is 5.75 Å². The van der Waals surface area contributed by atoms with E-state index in [1.165, 1.54) is 13.2 Å². The van der Waals surface area contributed by atoms with Crippen molar-refractivity contribution < 1.29 is 23.8 Å². The molecule has 42 heavy (non-hydrogen) atoms. The Morgan fingerprint density at radius 1 is 1.10 bits per heavy atom. The van der Waals surface area contributed by atoms with Crippen LogP contribution in [0.25, 0.3) is 22.3 Å². The summed E-state index contributed by atoms with van der Waals surface area (Å²) in [4.78, 5) is 25.3. The minimum atomic E-state index is -0.723. The van der Waals surface area contributed by atoms with Crippen molar-refractivity contribution >= 4 is 22.9 Å². The Kier molecular flexibility index (Phi) is 8.19. The summed E-state index contributed by atoms with van der Waals surface area (Å²) in [5, 5.41) is 13.1. The van der Waals surface area contributed by atoms with Crippen LogP contribution < -0.4 is 10.1 Å². The molecule has 2 aromatic heterocycles. The summed E-state index contributed by atoms with van der Waals surface area (Å²) in [5.74, 6) is -0.489. The molecule has 0 radical (unpaired) electrons. The number of aliphatic hydroxyl groups excluding tert-OH is 1. The number of anilines is 1. The van der Waals surface area contributed by atoms with E-state index in [2.05, 4.69) is 33.4 Å². The molecule has 1 saturated heterocycles. The lowest BCUT2D eigenvalue weighted by atomic mass is 9.93. The van der Waals surface area contributed by atoms with Crippen molar-refractivity contribution in [3.63, 3.8) is 0 Å². The molecule has 220 valence electrons. The zero-order valence-corrected chi connectivity index (χ0v) is 24.0. The molecule has 6 rings (SSSR count). The molecule has 1 aliphatic carbocycles. The predicted octanol–water partition coefficient (Wildman–Crippen LogP) is 5.11. The molecular weight excluding hydrogens is 537 g/mol. The lowest BCUT2D eigenvalue weighted by Crippen LogP contribution is -2.35. The fraction of sp³-hybridized carbons (Fsp3) is 0.406. The maximum atomic E-state index is 15.9. The Morgan fingerprint density at radius 3 is 2.62 bits per heavy atom. The number of benzene rings is 2. The van der Waals surface area contributed by atoms with E-state index in [1.807, 2.05) is 4.57 Å². The molecule has 1 amide bonds. The maximum Gasteiger partial charge on any atom is 0.261 e. The topological polar surface area (TPSA) is 102 Å². The summed E-state index contributed by atoms with van der Waals surface area (Å²) in [6, 6.07) is 14.7. The van der Waals surface area contributed by atoms with Gasteiger partial charge in [-0.25, -0.2) is 14.4 Å². The largest absolute Gasteiger partial charge is 0.496 e. The molecule has 10 heteroatoms. The minimum Gasteiger partial charge on any atom is -0.496 e. The SMILES string of the molecule is COc1ccccc1-c1nc(C)cc(C(=O)Nc2nc3cc(CN4CCOCC4)ccc3n2C2CCC(O)CC2)c1F. The molecule has 0 bridgehead atoms. The first-order valence-electron chi connectivity index (χ1n) is 14.5. The smallest absolute Gasteiger partial charge is 0.261 e. The Labute approximate surface area is 244 Å². The number of hydrogen-bond acceptors (Lipinski definition) is 7. The number of carbonyl (C=O) groups excluding carboxylic acids is 1. The van der Waals surface area contributed by atoms with Crippen LogP contribution in [0.4, 0.5) is 10.3 Å². The summed E-state index contributed by atoms with van der Waals surface area (Å²) in [6.45, 7) is 5.73. The second kappa shape index (κ2) is 12.2. The van der Waals surface area contributed by atoms with Crippen LogP contribution in [0.1, 0.15) is 53.3 Å². The number of methoxy groups -OCH3 is 1. The van der Waals surface area contributed by atoms with Gasteiger partial charge in [0, 0.05) is 36.9 Å². The molecule has 3 heterocycles. The highest BCUT2D eigenvalue weighted by atomic mass is 19.1. The van der Waals surface area contributed by atoms with Crippen molar-refractivity contribution in [2.45, 2.75) is 51.3 Å². The van der Waals surface area contributed by atoms with E-state index < -0.39 is 11.7 Å². The average molecular weight is 574 g/mol. The first kappa shape index (κ1) is 28.3. The van der Waals surface area contributed by atoms with Crippen molar-refractivity contribution in [1.29, 1.82) is 0 Å². The average Bonchev–Trinajstić information content (AvgIpc) is 3.35. The molecule has 9 nitrogen and oxygen atoms in total. The zero-order chi connectivity index (χ0) is 29.2. The number of amides is 1. The van der Waals surface area contributed by atoms with Crippen molar-refractivity contribution in [2.24, 2.45) is 0 Å². The molecule has 1 aliphatic heterocycles. The van der Waals surface area contributed by atoms with Crippen LogP contribution in [-0.4, -0.2) is 70.0 Å². The van der Waals surface area contributed by atoms with Crippen LogP contribution in [0.15, 0.2) is 48.5 Å². The van der Waals surface area contributed by atoms with Crippen LogP contribution >= 0.6 is 0 Å². The Bertz CT molecular complexity index is 1590. The van der Waals surface area contributed by atoms with E-state index in [9.17, 15) is 9.90 Å². The van der Waals surface area contributed by atoms with Gasteiger partial charge in [-0.15, -0.1) is 0 Å². The van der Waals surface area contributed by atoms with Crippen LogP contribution in [0, 0.1) is 12.7 Å². The number of fused-ring (bicyclic) bond motifs is 1. The van der Waals surface area contributed by atoms with Gasteiger partial charge in [0.05, 0.1) is 43.0 Å². The number of aromatic nitrogens is 3. The molecule has 0 unspecified atom stereocenters. The van der Waals surface area contributed by atoms with Gasteiger partial charge < -0.3 is 19.1 Å². The first-order chi connectivity index (χ1) is 20.4. The molecule has 2 N–H and O–H groups in total. The van der Waals surface area contributed by atoms with Crippen LogP contribution in [0.2, 0.25) is 0 Å². The normalized spacial score (nSPS) is 19.6. The molecule has 2 aromatic carbocycles. The summed E-state index contributed by atoms with van der Waals surface area (Å²) < 4.78 is 28.9. The van der Waals surface area contributed by atoms with Gasteiger partial charge in [-0.3, -0.25) is 15.0 Å². The van der Waals surface area contributed by atoms with Crippen molar-refractivity contribution in [1.82, 2.24) is 19.4 Å². The molecule has 4 aromatic rings. The molecule has 0 spiro atoms. The van der Waals surface area contributed by atoms with Gasteiger partial charge in [0.25, 0.3) is 5.91 Å². The van der Waals surface area contributed by atoms with Crippen LogP contribution in [0.3, 0.4) is 0 Å². The Hall–Kier alpha value is -3.86. The quantitative estimate of drug-likeness (QED) is 0.317. The van der Waals surface area contributed by atoms with E-state index in [-0.39, 0.29) is 23.4 Å². The number of imidazole rings is 1. The summed E-state index contributed by atoms with van der Waals surface area (Å²) in [6.07, 6.45) is 2.54. The maximum absolute atomic E-state index is 15.9. The predicted molar refractivity (Wildman–Crippen MR) is 158 cm³/mol. The fourth-order valence-corrected chi connectivity index (χ4v) is 6.04. The van der Waals surface area contributed by atoms with Crippen molar-refractivity contribution in [3.8, 4) is 17.0 Å². The number of rotatable bonds is 7. The molecule has 1 saturated carbocycles. The highest BCUT2D eigenvalue weighted by Gasteiger charge is 2.27. The number of para-hydroxylation sites is 1. The highest BCUT2D eigenvalue weighted by molar-refractivity contribution is 6.05. The third-order valence-corrected chi connectivity index (χ3v) is 8.21. The van der Waals surface area contributed by atoms with Gasteiger partial charge in [-0.2, -0.15) is 0 Å². The van der Waals surface area contributed by atoms with Gasteiger partial charge in [0.1, 0.15) is 11.4 Å². The van der Waals surface area contributed by atoms with E-state index in [0.29, 0.717) is 35.8 Å². The number of aliphatic hydroxyl groups is 1. The number of morpholine rings is 1. The molecule has 2 aliphatic rings. The van der Waals surface area contributed by atoms with Crippen molar-refractivity contribution in [3.05, 3.63) is 71.2 Å². The number of aryl methyl sites for hydroxylation is 1. The van der Waals surface area contributed by atoms with E-state index >= 15 is 4.39 Å². The lowest BCUT2D eigenvalue weighted by molar-refractivity contribution is 0.0342. The van der Waals surface area contributed by atoms with Gasteiger partial charge in [0.15, 0.2) is 5.82 Å². The summed E-state index contributed by atoms with van der Waals surface area (Å²) in [7, 11) is 1.52. The monoisotopic (exact) mass is 573 g/mol. The van der Waals surface area contributed by atoms with Gasteiger partial charge in [0.2, 0.25) is 5.95 Å². The van der Waals surface area contributed by atoms with Crippen molar-refractivity contribution in [2.75, 3.05) is 38.7 Å². The number of hydrogen-bond donors (Lipinski definition) is 2. The number of carbonyl (C=O) groups is 1. The molecular formula is C32H36FN5O4. The van der Waals surface area contributed by atoms with Gasteiger partial charge >= 0.3 is 0 Å². The number of nitrogens with one attached hydrogen (secondary N) is 1. The van der Waals surface area contributed by atoms with Gasteiger partial charge in [-0.1, -0.05) is 18.2 Å². The third-order valence-electron chi connectivity index (χ3n) is 8.21. The lowest BCUT2D eigenvalue weighted by Gasteiger charge is -2.28. The Balaban J connectivity index is 1.36. The number of pyridine rings is 1.